The number of Topliss-reactive ketones (excluding diaryl/α,β-unsaturated/α-hetero) is 1. The summed E-state index contributed by atoms with van der Waals surface area (Å²) in [5, 5.41) is 2.59. The Balaban J connectivity index is 2.23. The van der Waals surface area contributed by atoms with E-state index in [1.807, 2.05) is 0 Å². The topological polar surface area (TPSA) is 55.4 Å². The number of hydrogen-bond acceptors (Lipinski definition) is 3. The first-order valence-electron chi connectivity index (χ1n) is 6.80. The largest absolute Gasteiger partial charge is 0.444 e. The summed E-state index contributed by atoms with van der Waals surface area (Å²) in [5.74, 6) is 0.815. The normalized spacial score (nSPS) is 17.8. The van der Waals surface area contributed by atoms with Crippen molar-refractivity contribution >= 4 is 11.9 Å². The zero-order valence-corrected chi connectivity index (χ0v) is 11.9. The zero-order valence-electron chi connectivity index (χ0n) is 11.9. The van der Waals surface area contributed by atoms with Crippen LogP contribution in [0.15, 0.2) is 0 Å². The maximum absolute atomic E-state index is 11.8. The van der Waals surface area contributed by atoms with E-state index >= 15 is 0 Å². The first kappa shape index (κ1) is 15.0. The number of hydrogen-bond donors (Lipinski definition) is 1. The zero-order chi connectivity index (χ0) is 13.8. The second-order valence-electron chi connectivity index (χ2n) is 6.17. The molecule has 0 aromatic carbocycles. The van der Waals surface area contributed by atoms with Crippen LogP contribution in [-0.2, 0) is 9.53 Å². The molecule has 1 saturated carbocycles. The van der Waals surface area contributed by atoms with E-state index < -0.39 is 17.7 Å². The molecule has 0 aromatic heterocycles. The number of rotatable bonds is 5. The lowest BCUT2D eigenvalue weighted by Crippen LogP contribution is -2.41. The molecule has 0 aliphatic heterocycles. The Morgan fingerprint density at radius 1 is 1.33 bits per heavy atom. The van der Waals surface area contributed by atoms with Crippen molar-refractivity contribution in [3.63, 3.8) is 0 Å². The summed E-state index contributed by atoms with van der Waals surface area (Å²) in [6.45, 7) is 7.12. The first-order valence-corrected chi connectivity index (χ1v) is 6.80. The van der Waals surface area contributed by atoms with Gasteiger partial charge in [-0.2, -0.15) is 0 Å². The van der Waals surface area contributed by atoms with E-state index in [0.29, 0.717) is 6.42 Å². The second-order valence-corrected chi connectivity index (χ2v) is 6.17. The highest BCUT2D eigenvalue weighted by molar-refractivity contribution is 5.87. The van der Waals surface area contributed by atoms with Gasteiger partial charge in [0.25, 0.3) is 0 Å². The molecule has 0 bridgehead atoms. The van der Waals surface area contributed by atoms with Gasteiger partial charge >= 0.3 is 6.09 Å². The maximum Gasteiger partial charge on any atom is 0.408 e. The van der Waals surface area contributed by atoms with Gasteiger partial charge in [0.2, 0.25) is 0 Å². The lowest BCUT2D eigenvalue weighted by atomic mass is 9.81. The van der Waals surface area contributed by atoms with Gasteiger partial charge in [-0.3, -0.25) is 4.79 Å². The van der Waals surface area contributed by atoms with Gasteiger partial charge < -0.3 is 10.1 Å². The second kappa shape index (κ2) is 6.21. The number of carbonyl (C=O) groups is 2. The molecule has 1 atom stereocenters. The highest BCUT2D eigenvalue weighted by Gasteiger charge is 2.23. The Bertz CT molecular complexity index is 303. The van der Waals surface area contributed by atoms with Crippen molar-refractivity contribution in [3.05, 3.63) is 0 Å². The van der Waals surface area contributed by atoms with E-state index in [2.05, 4.69) is 5.32 Å². The summed E-state index contributed by atoms with van der Waals surface area (Å²) in [6.07, 6.45) is 4.79. The van der Waals surface area contributed by atoms with Crippen LogP contribution in [0.2, 0.25) is 0 Å². The molecular formula is C14H25NO3. The van der Waals surface area contributed by atoms with Crippen LogP contribution in [0.1, 0.15) is 59.8 Å². The van der Waals surface area contributed by atoms with Gasteiger partial charge in [-0.05, 0) is 40.0 Å². The molecule has 0 radical (unpaired) electrons. The van der Waals surface area contributed by atoms with Crippen LogP contribution in [0.5, 0.6) is 0 Å². The molecule has 0 spiro atoms. The Kier molecular flexibility index (Phi) is 5.17. The number of amides is 1. The van der Waals surface area contributed by atoms with E-state index in [-0.39, 0.29) is 5.78 Å². The predicted octanol–water partition coefficient (Wildman–Crippen LogP) is 3.05. The number of ketones is 1. The minimum atomic E-state index is -0.529. The molecule has 18 heavy (non-hydrogen) atoms. The Hall–Kier alpha value is -1.06. The molecule has 1 fully saturated rings. The van der Waals surface area contributed by atoms with E-state index in [4.69, 9.17) is 4.74 Å². The fraction of sp³-hybridized carbons (Fsp3) is 0.857. The number of nitrogens with one attached hydrogen (secondary N) is 1. The highest BCUT2D eigenvalue weighted by atomic mass is 16.6. The van der Waals surface area contributed by atoms with Gasteiger partial charge in [0.1, 0.15) is 5.60 Å². The number of carbonyl (C=O) groups excluding carboxylic acids is 2. The van der Waals surface area contributed by atoms with Crippen molar-refractivity contribution in [2.75, 3.05) is 0 Å². The Morgan fingerprint density at radius 2 is 1.94 bits per heavy atom. The number of alkyl carbamates (subject to hydrolysis) is 1. The predicted molar refractivity (Wildman–Crippen MR) is 70.4 cm³/mol. The van der Waals surface area contributed by atoms with Crippen molar-refractivity contribution in [2.45, 2.75) is 71.4 Å². The smallest absolute Gasteiger partial charge is 0.408 e. The van der Waals surface area contributed by atoms with Crippen LogP contribution < -0.4 is 5.32 Å². The monoisotopic (exact) mass is 255 g/mol. The van der Waals surface area contributed by atoms with Gasteiger partial charge in [0.15, 0.2) is 5.78 Å². The van der Waals surface area contributed by atoms with Gasteiger partial charge in [-0.15, -0.1) is 0 Å². The van der Waals surface area contributed by atoms with E-state index in [1.165, 1.54) is 19.3 Å². The molecule has 104 valence electrons. The van der Waals surface area contributed by atoms with Gasteiger partial charge in [0, 0.05) is 6.42 Å². The molecule has 4 nitrogen and oxygen atoms in total. The van der Waals surface area contributed by atoms with Crippen LogP contribution >= 0.6 is 0 Å². The summed E-state index contributed by atoms with van der Waals surface area (Å²) in [6, 6.07) is -0.458. The highest BCUT2D eigenvalue weighted by Crippen LogP contribution is 2.30. The molecule has 0 saturated heterocycles. The fourth-order valence-electron chi connectivity index (χ4n) is 1.91. The molecule has 4 heteroatoms. The third kappa shape index (κ3) is 5.52. The average Bonchev–Trinajstić information content (AvgIpc) is 2.11. The van der Waals surface area contributed by atoms with Gasteiger partial charge in [-0.1, -0.05) is 19.3 Å². The minimum Gasteiger partial charge on any atom is -0.444 e. The van der Waals surface area contributed by atoms with Crippen LogP contribution in [-0.4, -0.2) is 23.5 Å². The Morgan fingerprint density at radius 3 is 2.39 bits per heavy atom. The molecule has 0 unspecified atom stereocenters. The molecule has 1 N–H and O–H groups in total. The standard InChI is InChI=1S/C14H25NO3/c1-10(15-13(17)18-14(2,3)4)12(16)9-8-11-6-5-7-11/h10-11H,5-9H2,1-4H3,(H,15,17)/t10-/m0/s1. The first-order chi connectivity index (χ1) is 8.28. The summed E-state index contributed by atoms with van der Waals surface area (Å²) in [4.78, 5) is 23.3. The van der Waals surface area contributed by atoms with Crippen LogP contribution in [0.3, 0.4) is 0 Å². The van der Waals surface area contributed by atoms with E-state index in [9.17, 15) is 9.59 Å². The quantitative estimate of drug-likeness (QED) is 0.821. The van der Waals surface area contributed by atoms with Crippen LogP contribution in [0.4, 0.5) is 4.79 Å². The van der Waals surface area contributed by atoms with Crippen LogP contribution in [0.25, 0.3) is 0 Å². The molecular weight excluding hydrogens is 230 g/mol. The summed E-state index contributed by atoms with van der Waals surface area (Å²) < 4.78 is 5.11. The fourth-order valence-corrected chi connectivity index (χ4v) is 1.91. The Labute approximate surface area is 109 Å². The van der Waals surface area contributed by atoms with Crippen LogP contribution in [0, 0.1) is 5.92 Å². The summed E-state index contributed by atoms with van der Waals surface area (Å²) in [5.41, 5.74) is -0.529. The molecule has 1 aliphatic rings. The summed E-state index contributed by atoms with van der Waals surface area (Å²) >= 11 is 0. The number of ether oxygens (including phenoxy) is 1. The van der Waals surface area contributed by atoms with Crippen molar-refractivity contribution in [3.8, 4) is 0 Å². The molecule has 1 amide bonds. The van der Waals surface area contributed by atoms with E-state index in [1.54, 1.807) is 27.7 Å². The van der Waals surface area contributed by atoms with Crippen molar-refractivity contribution in [1.29, 1.82) is 0 Å². The van der Waals surface area contributed by atoms with Gasteiger partial charge in [0.05, 0.1) is 6.04 Å². The lowest BCUT2D eigenvalue weighted by Gasteiger charge is -2.25. The molecule has 1 rings (SSSR count). The van der Waals surface area contributed by atoms with Crippen molar-refractivity contribution in [1.82, 2.24) is 5.32 Å². The third-order valence-electron chi connectivity index (χ3n) is 3.24. The molecule has 0 heterocycles. The molecule has 1 aliphatic carbocycles. The third-order valence-corrected chi connectivity index (χ3v) is 3.24. The minimum absolute atomic E-state index is 0.0905. The van der Waals surface area contributed by atoms with Crippen molar-refractivity contribution in [2.24, 2.45) is 5.92 Å². The van der Waals surface area contributed by atoms with Gasteiger partial charge in [-0.25, -0.2) is 4.79 Å². The SMILES string of the molecule is C[C@H](NC(=O)OC(C)(C)C)C(=O)CCC1CCC1. The molecule has 0 aromatic rings. The average molecular weight is 255 g/mol. The maximum atomic E-state index is 11.8. The lowest BCUT2D eigenvalue weighted by molar-refractivity contribution is -0.121. The van der Waals surface area contributed by atoms with E-state index in [0.717, 1.165) is 12.3 Å². The van der Waals surface area contributed by atoms with Crippen molar-refractivity contribution < 1.29 is 14.3 Å². The summed E-state index contributed by atoms with van der Waals surface area (Å²) in [7, 11) is 0.